The number of furan rings is 1. The van der Waals surface area contributed by atoms with Gasteiger partial charge in [0, 0.05) is 17.5 Å². The van der Waals surface area contributed by atoms with E-state index in [1.807, 2.05) is 67.6 Å². The van der Waals surface area contributed by atoms with Gasteiger partial charge in [-0.1, -0.05) is 31.2 Å². The number of nitrogens with one attached hydrogen (secondary N) is 1. The van der Waals surface area contributed by atoms with E-state index in [1.165, 1.54) is 0 Å². The van der Waals surface area contributed by atoms with Gasteiger partial charge in [0.2, 0.25) is 0 Å². The van der Waals surface area contributed by atoms with Gasteiger partial charge in [-0.05, 0) is 42.5 Å². The van der Waals surface area contributed by atoms with Crippen LogP contribution >= 0.6 is 23.7 Å². The molecule has 0 fully saturated rings. The third-order valence-corrected chi connectivity index (χ3v) is 6.44. The van der Waals surface area contributed by atoms with Gasteiger partial charge < -0.3 is 14.8 Å². The summed E-state index contributed by atoms with van der Waals surface area (Å²) in [6, 6.07) is 21.2. The summed E-state index contributed by atoms with van der Waals surface area (Å²) in [4.78, 5) is 14.1. The van der Waals surface area contributed by atoms with E-state index in [-0.39, 0.29) is 18.2 Å². The number of aromatic nitrogens is 3. The van der Waals surface area contributed by atoms with E-state index in [2.05, 4.69) is 15.3 Å². The molecule has 0 aliphatic carbocycles. The number of nitrogens with zero attached hydrogens (tertiary/aromatic N) is 3. The topological polar surface area (TPSA) is 84.1 Å². The number of thiazole rings is 1. The van der Waals surface area contributed by atoms with Crippen LogP contribution in [0.4, 0.5) is 11.5 Å². The van der Waals surface area contributed by atoms with Crippen molar-refractivity contribution in [1.29, 1.82) is 0 Å². The van der Waals surface area contributed by atoms with Crippen molar-refractivity contribution in [1.82, 2.24) is 15.0 Å². The Kier molecular flexibility index (Phi) is 5.36. The molecule has 0 atom stereocenters. The van der Waals surface area contributed by atoms with Crippen LogP contribution in [0.2, 0.25) is 0 Å². The summed E-state index contributed by atoms with van der Waals surface area (Å²) in [5, 5.41) is 15.6. The molecular weight excluding hydrogens is 456 g/mol. The quantitative estimate of drug-likeness (QED) is 0.265. The summed E-state index contributed by atoms with van der Waals surface area (Å²) in [5.41, 5.74) is 4.53. The van der Waals surface area contributed by atoms with E-state index in [0.717, 1.165) is 43.2 Å². The highest BCUT2D eigenvalue weighted by Crippen LogP contribution is 2.38. The smallest absolute Gasteiger partial charge is 0.196 e. The van der Waals surface area contributed by atoms with Gasteiger partial charge in [0.05, 0.1) is 15.8 Å². The molecule has 6 rings (SSSR count). The molecule has 3 aromatic carbocycles. The third-order valence-electron chi connectivity index (χ3n) is 5.37. The molecule has 0 spiro atoms. The van der Waals surface area contributed by atoms with Crippen LogP contribution in [0.3, 0.4) is 0 Å². The predicted molar refractivity (Wildman–Crippen MR) is 136 cm³/mol. The van der Waals surface area contributed by atoms with Crippen LogP contribution in [-0.2, 0) is 6.42 Å². The van der Waals surface area contributed by atoms with Crippen LogP contribution in [0.25, 0.3) is 42.9 Å². The maximum absolute atomic E-state index is 10.5. The summed E-state index contributed by atoms with van der Waals surface area (Å²) >= 11 is 1.55. The second-order valence-electron chi connectivity index (χ2n) is 7.46. The van der Waals surface area contributed by atoms with Crippen LogP contribution in [0.5, 0.6) is 5.75 Å². The number of phenols is 1. The molecule has 0 aliphatic heterocycles. The molecule has 0 bridgehead atoms. The Balaban J connectivity index is 0.00000228. The zero-order chi connectivity index (χ0) is 21.7. The minimum atomic E-state index is 0. The van der Waals surface area contributed by atoms with Gasteiger partial charge in [0.1, 0.15) is 27.7 Å². The Hall–Kier alpha value is -3.68. The van der Waals surface area contributed by atoms with Crippen LogP contribution in [0.1, 0.15) is 12.7 Å². The summed E-state index contributed by atoms with van der Waals surface area (Å²) in [5.74, 6) is 1.51. The molecular formula is C25H19ClN4O2S. The molecule has 2 N–H and O–H groups in total. The molecule has 0 saturated heterocycles. The fourth-order valence-electron chi connectivity index (χ4n) is 3.79. The van der Waals surface area contributed by atoms with Gasteiger partial charge in [-0.15, -0.1) is 23.7 Å². The number of aryl methyl sites for hydroxylation is 1. The molecule has 6 nitrogen and oxygen atoms in total. The van der Waals surface area contributed by atoms with Crippen molar-refractivity contribution in [3.05, 3.63) is 72.6 Å². The zero-order valence-corrected chi connectivity index (χ0v) is 19.2. The van der Waals surface area contributed by atoms with E-state index < -0.39 is 0 Å². The second-order valence-corrected chi connectivity index (χ2v) is 8.49. The zero-order valence-electron chi connectivity index (χ0n) is 17.6. The SMILES string of the molecule is CCc1nc(Nc2ccc(O)c(-c3nc4ccccc4s3)c2)c2oc3ccccc3c2n1.Cl. The number of rotatable bonds is 4. The van der Waals surface area contributed by atoms with Crippen molar-refractivity contribution < 1.29 is 9.52 Å². The number of benzene rings is 3. The fourth-order valence-corrected chi connectivity index (χ4v) is 4.78. The summed E-state index contributed by atoms with van der Waals surface area (Å²) in [7, 11) is 0. The maximum atomic E-state index is 10.5. The number of anilines is 2. The normalized spacial score (nSPS) is 11.2. The Bertz CT molecular complexity index is 1590. The summed E-state index contributed by atoms with van der Waals surface area (Å²) < 4.78 is 7.16. The Morgan fingerprint density at radius 2 is 1.79 bits per heavy atom. The van der Waals surface area contributed by atoms with E-state index in [9.17, 15) is 5.11 Å². The number of para-hydroxylation sites is 2. The first kappa shape index (κ1) is 21.2. The van der Waals surface area contributed by atoms with E-state index >= 15 is 0 Å². The van der Waals surface area contributed by atoms with Crippen molar-refractivity contribution in [2.75, 3.05) is 5.32 Å². The van der Waals surface area contributed by atoms with Gasteiger partial charge in [-0.3, -0.25) is 0 Å². The first-order valence-electron chi connectivity index (χ1n) is 10.3. The second kappa shape index (κ2) is 8.35. The van der Waals surface area contributed by atoms with E-state index in [0.29, 0.717) is 23.4 Å². The molecule has 6 aromatic rings. The van der Waals surface area contributed by atoms with Crippen LogP contribution < -0.4 is 5.32 Å². The number of halogens is 1. The maximum Gasteiger partial charge on any atom is 0.196 e. The number of phenolic OH excluding ortho intramolecular Hbond substituents is 1. The minimum absolute atomic E-state index is 0. The number of hydrogen-bond acceptors (Lipinski definition) is 7. The fraction of sp³-hybridized carbons (Fsp3) is 0.0800. The van der Waals surface area contributed by atoms with Crippen LogP contribution in [-0.4, -0.2) is 20.1 Å². The lowest BCUT2D eigenvalue weighted by molar-refractivity contribution is 0.477. The Labute approximate surface area is 199 Å². The van der Waals surface area contributed by atoms with E-state index in [4.69, 9.17) is 9.40 Å². The summed E-state index contributed by atoms with van der Waals surface area (Å²) in [6.07, 6.45) is 0.705. The predicted octanol–water partition coefficient (Wildman–Crippen LogP) is 7.09. The molecule has 0 saturated carbocycles. The average Bonchev–Trinajstić information content (AvgIpc) is 3.42. The molecule has 3 heterocycles. The molecule has 0 unspecified atom stereocenters. The minimum Gasteiger partial charge on any atom is -0.507 e. The van der Waals surface area contributed by atoms with Gasteiger partial charge in [0.25, 0.3) is 0 Å². The van der Waals surface area contributed by atoms with Crippen LogP contribution in [0.15, 0.2) is 71.1 Å². The summed E-state index contributed by atoms with van der Waals surface area (Å²) in [6.45, 7) is 2.03. The molecule has 3 aromatic heterocycles. The first-order valence-corrected chi connectivity index (χ1v) is 11.2. The molecule has 0 amide bonds. The molecule has 33 heavy (non-hydrogen) atoms. The van der Waals surface area contributed by atoms with Gasteiger partial charge in [0.15, 0.2) is 11.4 Å². The molecule has 8 heteroatoms. The Morgan fingerprint density at radius 3 is 2.64 bits per heavy atom. The van der Waals surface area contributed by atoms with Gasteiger partial charge in [-0.2, -0.15) is 0 Å². The van der Waals surface area contributed by atoms with Crippen molar-refractivity contribution in [3.63, 3.8) is 0 Å². The van der Waals surface area contributed by atoms with Crippen LogP contribution in [0, 0.1) is 0 Å². The Morgan fingerprint density at radius 1 is 0.970 bits per heavy atom. The highest BCUT2D eigenvalue weighted by atomic mass is 35.5. The number of fused-ring (bicyclic) bond motifs is 4. The average molecular weight is 475 g/mol. The van der Waals surface area contributed by atoms with Crippen molar-refractivity contribution in [3.8, 4) is 16.3 Å². The van der Waals surface area contributed by atoms with E-state index in [1.54, 1.807) is 17.4 Å². The lowest BCUT2D eigenvalue weighted by Crippen LogP contribution is -2.00. The molecule has 0 aliphatic rings. The molecule has 164 valence electrons. The number of aromatic hydroxyl groups is 1. The monoisotopic (exact) mass is 474 g/mol. The first-order chi connectivity index (χ1) is 15.7. The lowest BCUT2D eigenvalue weighted by atomic mass is 10.2. The largest absolute Gasteiger partial charge is 0.507 e. The standard InChI is InChI=1S/C25H18N4O2S.ClH/c1-2-21-28-22-15-7-3-5-9-19(15)31-23(22)24(29-21)26-14-11-12-18(30)16(13-14)25-27-17-8-4-6-10-20(17)32-25;/h3-13,30H,2H2,1H3,(H,26,28,29);1H. The van der Waals surface area contributed by atoms with Crippen molar-refractivity contribution in [2.45, 2.75) is 13.3 Å². The van der Waals surface area contributed by atoms with Gasteiger partial charge >= 0.3 is 0 Å². The molecule has 0 radical (unpaired) electrons. The van der Waals surface area contributed by atoms with Gasteiger partial charge in [-0.25, -0.2) is 15.0 Å². The number of hydrogen-bond donors (Lipinski definition) is 2. The highest BCUT2D eigenvalue weighted by molar-refractivity contribution is 7.21. The lowest BCUT2D eigenvalue weighted by Gasteiger charge is -2.09. The highest BCUT2D eigenvalue weighted by Gasteiger charge is 2.17. The third kappa shape index (κ3) is 3.65. The van der Waals surface area contributed by atoms with Crippen molar-refractivity contribution >= 4 is 67.5 Å². The van der Waals surface area contributed by atoms with Crippen molar-refractivity contribution in [2.24, 2.45) is 0 Å².